The van der Waals surface area contributed by atoms with Crippen LogP contribution in [0.1, 0.15) is 11.1 Å². The maximum Gasteiger partial charge on any atom is 0.234 e. The second-order valence-electron chi connectivity index (χ2n) is 22.5. The SMILES string of the molecule is c1ccc(-c2nc(-c3ccccc3)nc(-c3ccc(-n4c5ccccc5c5c6c(ccc54)-c4cccc(-c5cccc(-c7nc(-c8ccccc8)nc(-c8cnc(-n9c%10ccccc%10c%10cc%11c(cc%109)sc9ccccc9%11)nc8)n7)c5)c4CC6)nc3)n2)cc1. The largest absolute Gasteiger partial charge is 0.294 e. The Hall–Kier alpha value is -11.7. The van der Waals surface area contributed by atoms with Crippen molar-refractivity contribution in [2.24, 2.45) is 0 Å². The Morgan fingerprint density at radius 2 is 0.798 bits per heavy atom. The predicted molar refractivity (Wildman–Crippen MR) is 359 cm³/mol. The number of hydrogen-bond donors (Lipinski definition) is 0. The summed E-state index contributed by atoms with van der Waals surface area (Å²) < 4.78 is 6.95. The third-order valence-electron chi connectivity index (χ3n) is 17.3. The Labute approximate surface area is 513 Å². The summed E-state index contributed by atoms with van der Waals surface area (Å²) in [4.78, 5) is 45.6. The van der Waals surface area contributed by atoms with Gasteiger partial charge in [-0.2, -0.15) is 0 Å². The lowest BCUT2D eigenvalue weighted by Gasteiger charge is -2.24. The topological polar surface area (TPSA) is 126 Å². The van der Waals surface area contributed by atoms with Crippen molar-refractivity contribution in [3.63, 3.8) is 0 Å². The lowest BCUT2D eigenvalue weighted by molar-refractivity contribution is 0.953. The Balaban J connectivity index is 0.691. The first-order valence-electron chi connectivity index (χ1n) is 29.7. The van der Waals surface area contributed by atoms with Crippen molar-refractivity contribution >= 4 is 75.1 Å². The van der Waals surface area contributed by atoms with E-state index in [9.17, 15) is 0 Å². The summed E-state index contributed by atoms with van der Waals surface area (Å²) in [6.07, 6.45) is 7.28. The molecule has 1 aliphatic carbocycles. The molecule has 0 fully saturated rings. The number of para-hydroxylation sites is 2. The smallest absolute Gasteiger partial charge is 0.234 e. The van der Waals surface area contributed by atoms with E-state index in [0.29, 0.717) is 46.5 Å². The summed E-state index contributed by atoms with van der Waals surface area (Å²) >= 11 is 1.81. The van der Waals surface area contributed by atoms with Crippen LogP contribution in [0, 0.1) is 0 Å². The van der Waals surface area contributed by atoms with E-state index in [4.69, 9.17) is 44.9 Å². The lowest BCUT2D eigenvalue weighted by Crippen LogP contribution is -2.07. The first-order chi connectivity index (χ1) is 44.1. The van der Waals surface area contributed by atoms with E-state index in [0.717, 1.165) is 84.9 Å². The molecule has 0 saturated carbocycles. The quantitative estimate of drug-likeness (QED) is 0.139. The van der Waals surface area contributed by atoms with Gasteiger partial charge >= 0.3 is 0 Å². The number of thiophene rings is 1. The summed E-state index contributed by atoms with van der Waals surface area (Å²) in [6, 6.07) is 84.6. The summed E-state index contributed by atoms with van der Waals surface area (Å²) in [7, 11) is 0. The van der Waals surface area contributed by atoms with Crippen molar-refractivity contribution in [1.29, 1.82) is 0 Å². The molecular formula is C77H47N11S. The summed E-state index contributed by atoms with van der Waals surface area (Å²) in [5, 5.41) is 7.29. The van der Waals surface area contributed by atoms with Crippen LogP contribution in [0.15, 0.2) is 261 Å². The number of benzene rings is 10. The number of pyridine rings is 1. The van der Waals surface area contributed by atoms with Gasteiger partial charge in [-0.3, -0.25) is 9.13 Å². The van der Waals surface area contributed by atoms with Gasteiger partial charge in [0, 0.05) is 88.1 Å². The first kappa shape index (κ1) is 50.6. The van der Waals surface area contributed by atoms with Crippen LogP contribution in [0.4, 0.5) is 0 Å². The standard InChI is InChI=1S/C77H47N11S/c1-4-18-46(19-5-1)71-81-72(47-20-6-2-7-21-47)84-75(83-71)51-34-39-69(78-43-51)87-64-32-14-11-28-60(64)70-59-36-35-55-53(29-17-30-54(55)56(59)37-38-65(70)87)49-24-16-25-50(40-49)74-82-73(48-22-8-3-9-23-48)85-76(86-74)52-44-79-77(80-45-52)88-63-31-13-10-26-57(63)61-41-62-58-27-12-15-33-67(58)89-68(62)42-66(61)88/h1-34,37-45H,35-36H2. The van der Waals surface area contributed by atoms with Gasteiger partial charge in [-0.1, -0.05) is 188 Å². The molecule has 0 atom stereocenters. The second-order valence-corrected chi connectivity index (χ2v) is 23.5. The average molecular weight is 1160 g/mol. The molecule has 416 valence electrons. The minimum absolute atomic E-state index is 0.490. The van der Waals surface area contributed by atoms with Crippen LogP contribution in [0.2, 0.25) is 0 Å². The molecule has 0 spiro atoms. The molecule has 18 rings (SSSR count). The molecule has 0 unspecified atom stereocenters. The maximum atomic E-state index is 5.20. The van der Waals surface area contributed by atoms with E-state index >= 15 is 0 Å². The molecule has 7 heterocycles. The van der Waals surface area contributed by atoms with Gasteiger partial charge in [0.05, 0.1) is 27.6 Å². The van der Waals surface area contributed by atoms with Gasteiger partial charge in [0.2, 0.25) is 5.95 Å². The minimum atomic E-state index is 0.490. The first-order valence-corrected chi connectivity index (χ1v) is 30.5. The van der Waals surface area contributed by atoms with Gasteiger partial charge in [-0.25, -0.2) is 44.9 Å². The number of fused-ring (bicyclic) bond motifs is 13. The Kier molecular flexibility index (Phi) is 11.6. The van der Waals surface area contributed by atoms with Crippen LogP contribution in [-0.4, -0.2) is 54.0 Å². The van der Waals surface area contributed by atoms with Gasteiger partial charge in [0.25, 0.3) is 0 Å². The molecule has 12 heteroatoms. The zero-order valence-electron chi connectivity index (χ0n) is 47.6. The Morgan fingerprint density at radius 1 is 0.281 bits per heavy atom. The van der Waals surface area contributed by atoms with Gasteiger partial charge in [0.1, 0.15) is 5.82 Å². The van der Waals surface area contributed by atoms with Crippen LogP contribution < -0.4 is 0 Å². The van der Waals surface area contributed by atoms with E-state index in [1.807, 2.05) is 121 Å². The fourth-order valence-electron chi connectivity index (χ4n) is 13.2. The van der Waals surface area contributed by atoms with Crippen LogP contribution in [0.3, 0.4) is 0 Å². The molecule has 17 aromatic rings. The monoisotopic (exact) mass is 1160 g/mol. The lowest BCUT2D eigenvalue weighted by atomic mass is 9.80. The molecule has 0 saturated heterocycles. The fraction of sp³-hybridized carbons (Fsp3) is 0.0260. The summed E-state index contributed by atoms with van der Waals surface area (Å²) in [6.45, 7) is 0. The summed E-state index contributed by atoms with van der Waals surface area (Å²) in [5.41, 5.74) is 16.8. The number of aromatic nitrogens is 11. The molecular weight excluding hydrogens is 1110 g/mol. The number of nitrogens with zero attached hydrogens (tertiary/aromatic N) is 11. The highest BCUT2D eigenvalue weighted by Crippen LogP contribution is 2.46. The van der Waals surface area contributed by atoms with Gasteiger partial charge in [-0.05, 0) is 101 Å². The molecule has 0 aliphatic heterocycles. The van der Waals surface area contributed by atoms with Crippen molar-refractivity contribution < 1.29 is 0 Å². The molecule has 0 N–H and O–H groups in total. The molecule has 11 nitrogen and oxygen atoms in total. The molecule has 10 aromatic carbocycles. The van der Waals surface area contributed by atoms with Crippen LogP contribution in [0.5, 0.6) is 0 Å². The normalized spacial score (nSPS) is 12.2. The molecule has 1 aliphatic rings. The molecule has 7 aromatic heterocycles. The van der Waals surface area contributed by atoms with Crippen LogP contribution in [0.25, 0.3) is 166 Å². The van der Waals surface area contributed by atoms with Gasteiger partial charge in [0.15, 0.2) is 34.9 Å². The molecule has 0 radical (unpaired) electrons. The molecule has 89 heavy (non-hydrogen) atoms. The van der Waals surface area contributed by atoms with Crippen LogP contribution in [-0.2, 0) is 12.8 Å². The van der Waals surface area contributed by atoms with E-state index < -0.39 is 0 Å². The van der Waals surface area contributed by atoms with E-state index in [1.54, 1.807) is 0 Å². The van der Waals surface area contributed by atoms with Crippen molar-refractivity contribution in [3.05, 3.63) is 272 Å². The van der Waals surface area contributed by atoms with E-state index in [-0.39, 0.29) is 0 Å². The zero-order chi connectivity index (χ0) is 58.5. The number of rotatable bonds is 9. The van der Waals surface area contributed by atoms with E-state index in [2.05, 4.69) is 161 Å². The average Bonchev–Trinajstić information content (AvgIpc) is 1.68. The summed E-state index contributed by atoms with van der Waals surface area (Å²) in [5.74, 6) is 4.80. The highest BCUT2D eigenvalue weighted by atomic mass is 32.1. The molecule has 0 amide bonds. The van der Waals surface area contributed by atoms with Crippen molar-refractivity contribution in [2.75, 3.05) is 0 Å². The van der Waals surface area contributed by atoms with Crippen molar-refractivity contribution in [1.82, 2.24) is 54.0 Å². The maximum absolute atomic E-state index is 5.20. The second kappa shape index (κ2) is 20.5. The zero-order valence-corrected chi connectivity index (χ0v) is 48.4. The molecule has 0 bridgehead atoms. The third kappa shape index (κ3) is 8.44. The fourth-order valence-corrected chi connectivity index (χ4v) is 14.4. The van der Waals surface area contributed by atoms with E-state index in [1.165, 1.54) is 58.8 Å². The Morgan fingerprint density at radius 3 is 1.47 bits per heavy atom. The predicted octanol–water partition coefficient (Wildman–Crippen LogP) is 18.2. The van der Waals surface area contributed by atoms with Crippen molar-refractivity contribution in [2.45, 2.75) is 12.8 Å². The minimum Gasteiger partial charge on any atom is -0.294 e. The van der Waals surface area contributed by atoms with Crippen LogP contribution >= 0.6 is 11.3 Å². The number of aryl methyl sites for hydroxylation is 1. The number of hydrogen-bond acceptors (Lipinski definition) is 10. The third-order valence-corrected chi connectivity index (χ3v) is 18.5. The van der Waals surface area contributed by atoms with Gasteiger partial charge < -0.3 is 0 Å². The van der Waals surface area contributed by atoms with Gasteiger partial charge in [-0.15, -0.1) is 11.3 Å². The van der Waals surface area contributed by atoms with Crippen molar-refractivity contribution in [3.8, 4) is 102 Å². The highest BCUT2D eigenvalue weighted by Gasteiger charge is 2.26. The Bertz CT molecular complexity index is 5610. The highest BCUT2D eigenvalue weighted by molar-refractivity contribution is 7.25.